The van der Waals surface area contributed by atoms with Gasteiger partial charge < -0.3 is 4.74 Å². The van der Waals surface area contributed by atoms with E-state index >= 15 is 0 Å². The van der Waals surface area contributed by atoms with E-state index in [-0.39, 0.29) is 5.71 Å². The number of hydrogen-bond acceptors (Lipinski definition) is 7. The number of rotatable bonds is 2. The van der Waals surface area contributed by atoms with Crippen LogP contribution in [0.25, 0.3) is 11.0 Å². The number of hydrogen-bond donors (Lipinski definition) is 1. The number of nitrogens with one attached hydrogen (secondary N) is 1. The molecule has 24 heavy (non-hydrogen) atoms. The Hall–Kier alpha value is -3.39. The molecule has 0 fully saturated rings. The van der Waals surface area contributed by atoms with Crippen molar-refractivity contribution in [2.24, 2.45) is 5.10 Å². The molecule has 2 rings (SSSR count). The minimum Gasteiger partial charge on any atom is -0.443 e. The van der Waals surface area contributed by atoms with Crippen molar-refractivity contribution in [3.8, 4) is 12.1 Å². The van der Waals surface area contributed by atoms with E-state index in [2.05, 4.69) is 15.5 Å². The zero-order valence-electron chi connectivity index (χ0n) is 13.8. The second kappa shape index (κ2) is 6.39. The maximum Gasteiger partial charge on any atom is 0.420 e. The van der Waals surface area contributed by atoms with Crippen LogP contribution in [0.1, 0.15) is 26.3 Å². The fourth-order valence-electron chi connectivity index (χ4n) is 1.97. The molecular weight excluding hydrogens is 308 g/mol. The number of ether oxygens (including phenoxy) is 1. The topological polar surface area (TPSA) is 116 Å². The zero-order chi connectivity index (χ0) is 17.9. The molecular formula is C16H16N6O2. The van der Waals surface area contributed by atoms with Crippen molar-refractivity contribution in [1.29, 1.82) is 10.5 Å². The standard InChI is InChI=1S/C16H16N6O2/c1-10-9-22(15(23)24-16(2,3)4)14-13(10)5-11(8-19-14)20-21-12(6-17)7-18/h5,8-9,20H,1-4H3. The first-order valence-electron chi connectivity index (χ1n) is 7.10. The first-order chi connectivity index (χ1) is 11.2. The van der Waals surface area contributed by atoms with Gasteiger partial charge in [-0.1, -0.05) is 0 Å². The van der Waals surface area contributed by atoms with Crippen LogP contribution in [-0.2, 0) is 4.74 Å². The molecule has 2 aromatic heterocycles. The average molecular weight is 324 g/mol. The van der Waals surface area contributed by atoms with Gasteiger partial charge >= 0.3 is 6.09 Å². The smallest absolute Gasteiger partial charge is 0.420 e. The number of fused-ring (bicyclic) bond motifs is 1. The summed E-state index contributed by atoms with van der Waals surface area (Å²) < 4.78 is 6.70. The van der Waals surface area contributed by atoms with Crippen LogP contribution in [0.4, 0.5) is 10.5 Å². The van der Waals surface area contributed by atoms with Gasteiger partial charge in [0.15, 0.2) is 0 Å². The van der Waals surface area contributed by atoms with Gasteiger partial charge in [-0.3, -0.25) is 5.43 Å². The van der Waals surface area contributed by atoms with Crippen LogP contribution in [0.5, 0.6) is 0 Å². The van der Waals surface area contributed by atoms with Gasteiger partial charge in [-0.2, -0.15) is 15.6 Å². The highest BCUT2D eigenvalue weighted by Crippen LogP contribution is 2.23. The van der Waals surface area contributed by atoms with Crippen molar-refractivity contribution in [2.45, 2.75) is 33.3 Å². The van der Waals surface area contributed by atoms with E-state index in [1.54, 1.807) is 45.2 Å². The number of anilines is 1. The van der Waals surface area contributed by atoms with E-state index < -0.39 is 11.7 Å². The normalized spacial score (nSPS) is 10.6. The summed E-state index contributed by atoms with van der Waals surface area (Å²) in [6.07, 6.45) is 2.59. The van der Waals surface area contributed by atoms with Gasteiger partial charge in [-0.25, -0.2) is 14.3 Å². The van der Waals surface area contributed by atoms with E-state index in [0.29, 0.717) is 11.3 Å². The molecule has 0 aliphatic heterocycles. The second-order valence-corrected chi connectivity index (χ2v) is 6.05. The molecule has 0 aromatic carbocycles. The minimum atomic E-state index is -0.608. The summed E-state index contributed by atoms with van der Waals surface area (Å²) in [6.45, 7) is 7.21. The summed E-state index contributed by atoms with van der Waals surface area (Å²) in [4.78, 5) is 16.5. The molecule has 122 valence electrons. The summed E-state index contributed by atoms with van der Waals surface area (Å²) in [6, 6.07) is 5.03. The number of carbonyl (C=O) groups excluding carboxylic acids is 1. The van der Waals surface area contributed by atoms with Gasteiger partial charge in [0.25, 0.3) is 0 Å². The lowest BCUT2D eigenvalue weighted by molar-refractivity contribution is 0.0543. The fourth-order valence-corrected chi connectivity index (χ4v) is 1.97. The molecule has 0 saturated heterocycles. The molecule has 0 radical (unpaired) electrons. The third kappa shape index (κ3) is 3.68. The molecule has 0 atom stereocenters. The highest BCUT2D eigenvalue weighted by atomic mass is 16.6. The average Bonchev–Trinajstić information content (AvgIpc) is 2.84. The van der Waals surface area contributed by atoms with Crippen LogP contribution in [0.3, 0.4) is 0 Å². The SMILES string of the molecule is Cc1cn(C(=O)OC(C)(C)C)c2ncc(NN=C(C#N)C#N)cc12. The first kappa shape index (κ1) is 17.0. The van der Waals surface area contributed by atoms with Gasteiger partial charge in [-0.05, 0) is 39.3 Å². The molecule has 0 saturated carbocycles. The van der Waals surface area contributed by atoms with Gasteiger partial charge in [-0.15, -0.1) is 0 Å². The van der Waals surface area contributed by atoms with Gasteiger partial charge in [0.2, 0.25) is 5.71 Å². The number of aryl methyl sites for hydroxylation is 1. The zero-order valence-corrected chi connectivity index (χ0v) is 13.8. The number of nitriles is 2. The lowest BCUT2D eigenvalue weighted by Crippen LogP contribution is -2.26. The Morgan fingerprint density at radius 1 is 1.38 bits per heavy atom. The number of nitrogens with zero attached hydrogens (tertiary/aromatic N) is 5. The Morgan fingerprint density at radius 3 is 2.62 bits per heavy atom. The third-order valence-electron chi connectivity index (χ3n) is 2.94. The molecule has 0 spiro atoms. The van der Waals surface area contributed by atoms with Crippen molar-refractivity contribution in [3.63, 3.8) is 0 Å². The Labute approximate surface area is 139 Å². The Kier molecular flexibility index (Phi) is 4.52. The van der Waals surface area contributed by atoms with E-state index in [1.165, 1.54) is 10.8 Å². The number of carbonyl (C=O) groups is 1. The molecule has 0 unspecified atom stereocenters. The third-order valence-corrected chi connectivity index (χ3v) is 2.94. The molecule has 0 amide bonds. The van der Waals surface area contributed by atoms with Crippen molar-refractivity contribution in [1.82, 2.24) is 9.55 Å². The molecule has 2 aromatic rings. The van der Waals surface area contributed by atoms with Crippen molar-refractivity contribution in [3.05, 3.63) is 24.0 Å². The van der Waals surface area contributed by atoms with Crippen molar-refractivity contribution >= 4 is 28.5 Å². The van der Waals surface area contributed by atoms with Crippen LogP contribution in [-0.4, -0.2) is 27.0 Å². The van der Waals surface area contributed by atoms with Gasteiger partial charge in [0, 0.05) is 11.6 Å². The number of aromatic nitrogens is 2. The minimum absolute atomic E-state index is 0.293. The van der Waals surface area contributed by atoms with Gasteiger partial charge in [0.05, 0.1) is 11.9 Å². The summed E-state index contributed by atoms with van der Waals surface area (Å²) in [5, 5.41) is 21.7. The molecule has 0 bridgehead atoms. The van der Waals surface area contributed by atoms with Crippen LogP contribution in [0.15, 0.2) is 23.6 Å². The monoisotopic (exact) mass is 324 g/mol. The predicted octanol–water partition coefficient (Wildman–Crippen LogP) is 2.94. The molecule has 2 heterocycles. The maximum atomic E-state index is 12.3. The van der Waals surface area contributed by atoms with Crippen LogP contribution in [0, 0.1) is 29.6 Å². The summed E-state index contributed by atoms with van der Waals surface area (Å²) in [5.41, 5.74) is 3.48. The molecule has 0 aliphatic rings. The second-order valence-electron chi connectivity index (χ2n) is 6.05. The highest BCUT2D eigenvalue weighted by molar-refractivity contribution is 6.10. The summed E-state index contributed by atoms with van der Waals surface area (Å²) in [5.74, 6) is 0. The Morgan fingerprint density at radius 2 is 2.04 bits per heavy atom. The van der Waals surface area contributed by atoms with E-state index in [4.69, 9.17) is 15.3 Å². The van der Waals surface area contributed by atoms with E-state index in [0.717, 1.165) is 10.9 Å². The summed E-state index contributed by atoms with van der Waals surface area (Å²) in [7, 11) is 0. The van der Waals surface area contributed by atoms with Crippen LogP contribution >= 0.6 is 0 Å². The maximum absolute atomic E-state index is 12.3. The highest BCUT2D eigenvalue weighted by Gasteiger charge is 2.20. The quantitative estimate of drug-likeness (QED) is 0.670. The Bertz CT molecular complexity index is 890. The number of hydrazone groups is 1. The number of pyridine rings is 1. The fraction of sp³-hybridized carbons (Fsp3) is 0.312. The predicted molar refractivity (Wildman–Crippen MR) is 88.4 cm³/mol. The summed E-state index contributed by atoms with van der Waals surface area (Å²) >= 11 is 0. The van der Waals surface area contributed by atoms with Gasteiger partial charge in [0.1, 0.15) is 23.4 Å². The molecule has 8 heteroatoms. The lowest BCUT2D eigenvalue weighted by atomic mass is 10.2. The van der Waals surface area contributed by atoms with Crippen LogP contribution < -0.4 is 5.43 Å². The largest absolute Gasteiger partial charge is 0.443 e. The first-order valence-corrected chi connectivity index (χ1v) is 7.10. The van der Waals surface area contributed by atoms with E-state index in [1.807, 2.05) is 6.92 Å². The molecule has 1 N–H and O–H groups in total. The Balaban J connectivity index is 2.38. The lowest BCUT2D eigenvalue weighted by Gasteiger charge is -2.19. The van der Waals surface area contributed by atoms with E-state index in [9.17, 15) is 4.79 Å². The van der Waals surface area contributed by atoms with Crippen LogP contribution in [0.2, 0.25) is 0 Å². The molecule has 0 aliphatic carbocycles. The molecule has 8 nitrogen and oxygen atoms in total. The van der Waals surface area contributed by atoms with Crippen molar-refractivity contribution in [2.75, 3.05) is 5.43 Å². The van der Waals surface area contributed by atoms with Crippen molar-refractivity contribution < 1.29 is 9.53 Å².